The van der Waals surface area contributed by atoms with Gasteiger partial charge in [-0.2, -0.15) is 0 Å². The zero-order chi connectivity index (χ0) is 14.1. The summed E-state index contributed by atoms with van der Waals surface area (Å²) in [7, 11) is 0. The maximum Gasteiger partial charge on any atom is 0.340 e. The number of aliphatic hydroxyl groups is 1. The van der Waals surface area contributed by atoms with Crippen molar-refractivity contribution >= 4 is 5.97 Å². The molecular formula is C16H24O3. The van der Waals surface area contributed by atoms with Crippen LogP contribution in [-0.4, -0.2) is 16.2 Å². The first-order chi connectivity index (χ1) is 9.11. The summed E-state index contributed by atoms with van der Waals surface area (Å²) in [4.78, 5) is 11.3. The maximum atomic E-state index is 11.3. The molecule has 0 radical (unpaired) electrons. The lowest BCUT2D eigenvalue weighted by Gasteiger charge is -2.23. The van der Waals surface area contributed by atoms with E-state index in [0.29, 0.717) is 5.56 Å². The van der Waals surface area contributed by atoms with Gasteiger partial charge in [-0.15, -0.1) is 0 Å². The Morgan fingerprint density at radius 1 is 1.05 bits per heavy atom. The Balaban J connectivity index is 2.52. The van der Waals surface area contributed by atoms with E-state index in [1.807, 2.05) is 6.07 Å². The Labute approximate surface area is 115 Å². The number of carbonyl (C=O) groups is 1. The SMILES string of the molecule is CCCCCCCCC(O)(C(=O)O)c1ccccc1. The van der Waals surface area contributed by atoms with Crippen LogP contribution in [0, 0.1) is 0 Å². The van der Waals surface area contributed by atoms with Gasteiger partial charge in [-0.1, -0.05) is 69.4 Å². The summed E-state index contributed by atoms with van der Waals surface area (Å²) < 4.78 is 0. The number of rotatable bonds is 9. The second-order valence-corrected chi connectivity index (χ2v) is 5.05. The molecule has 1 unspecified atom stereocenters. The molecular weight excluding hydrogens is 240 g/mol. The van der Waals surface area contributed by atoms with Crippen LogP contribution in [0.1, 0.15) is 57.4 Å². The van der Waals surface area contributed by atoms with Crippen LogP contribution in [0.15, 0.2) is 30.3 Å². The summed E-state index contributed by atoms with van der Waals surface area (Å²) in [6, 6.07) is 8.67. The predicted molar refractivity (Wildman–Crippen MR) is 76.0 cm³/mol. The van der Waals surface area contributed by atoms with Gasteiger partial charge in [0.15, 0.2) is 5.60 Å². The molecule has 1 atom stereocenters. The molecule has 19 heavy (non-hydrogen) atoms. The second kappa shape index (κ2) is 7.95. The summed E-state index contributed by atoms with van der Waals surface area (Å²) in [6.45, 7) is 2.17. The number of aliphatic carboxylic acids is 1. The van der Waals surface area contributed by atoms with E-state index in [-0.39, 0.29) is 6.42 Å². The quantitative estimate of drug-likeness (QED) is 0.668. The van der Waals surface area contributed by atoms with Gasteiger partial charge in [0.05, 0.1) is 0 Å². The molecule has 2 N–H and O–H groups in total. The summed E-state index contributed by atoms with van der Waals surface area (Å²) >= 11 is 0. The number of benzene rings is 1. The van der Waals surface area contributed by atoms with Crippen LogP contribution in [0.25, 0.3) is 0 Å². The highest BCUT2D eigenvalue weighted by atomic mass is 16.4. The minimum absolute atomic E-state index is 0.276. The molecule has 0 aliphatic rings. The molecule has 0 aliphatic heterocycles. The van der Waals surface area contributed by atoms with E-state index in [0.717, 1.165) is 19.3 Å². The Morgan fingerprint density at radius 2 is 1.63 bits per heavy atom. The Kier molecular flexibility index (Phi) is 6.57. The van der Waals surface area contributed by atoms with Crippen LogP contribution < -0.4 is 0 Å². The van der Waals surface area contributed by atoms with Crippen LogP contribution >= 0.6 is 0 Å². The van der Waals surface area contributed by atoms with Gasteiger partial charge in [-0.3, -0.25) is 0 Å². The van der Waals surface area contributed by atoms with Gasteiger partial charge in [-0.25, -0.2) is 4.79 Å². The van der Waals surface area contributed by atoms with Crippen molar-refractivity contribution in [2.45, 2.75) is 57.5 Å². The van der Waals surface area contributed by atoms with Crippen molar-refractivity contribution in [1.29, 1.82) is 0 Å². The number of carboxylic acids is 1. The van der Waals surface area contributed by atoms with Gasteiger partial charge in [0, 0.05) is 0 Å². The Hall–Kier alpha value is -1.35. The van der Waals surface area contributed by atoms with Gasteiger partial charge in [0.2, 0.25) is 0 Å². The summed E-state index contributed by atoms with van der Waals surface area (Å²) in [5, 5.41) is 19.6. The van der Waals surface area contributed by atoms with Crippen molar-refractivity contribution in [3.05, 3.63) is 35.9 Å². The lowest BCUT2D eigenvalue weighted by Crippen LogP contribution is -2.35. The molecule has 0 saturated carbocycles. The highest BCUT2D eigenvalue weighted by molar-refractivity contribution is 5.79. The summed E-state index contributed by atoms with van der Waals surface area (Å²) in [6.07, 6.45) is 6.71. The third-order valence-corrected chi connectivity index (χ3v) is 3.50. The summed E-state index contributed by atoms with van der Waals surface area (Å²) in [5.74, 6) is -1.16. The van der Waals surface area contributed by atoms with E-state index in [1.165, 1.54) is 19.3 Å². The highest BCUT2D eigenvalue weighted by Crippen LogP contribution is 2.28. The van der Waals surface area contributed by atoms with Crippen molar-refractivity contribution in [1.82, 2.24) is 0 Å². The van der Waals surface area contributed by atoms with Crippen molar-refractivity contribution < 1.29 is 15.0 Å². The van der Waals surface area contributed by atoms with Crippen LogP contribution in [0.4, 0.5) is 0 Å². The van der Waals surface area contributed by atoms with Gasteiger partial charge < -0.3 is 10.2 Å². The molecule has 1 aromatic rings. The number of carboxylic acid groups (broad SMARTS) is 1. The molecule has 0 amide bonds. The molecule has 0 saturated heterocycles. The van der Waals surface area contributed by atoms with Gasteiger partial charge in [0.25, 0.3) is 0 Å². The first-order valence-corrected chi connectivity index (χ1v) is 7.12. The number of unbranched alkanes of at least 4 members (excludes halogenated alkanes) is 5. The molecule has 1 aromatic carbocycles. The standard InChI is InChI=1S/C16H24O3/c1-2-3-4-5-6-10-13-16(19,15(17)18)14-11-8-7-9-12-14/h7-9,11-12,19H,2-6,10,13H2,1H3,(H,17,18). The lowest BCUT2D eigenvalue weighted by molar-refractivity contribution is -0.160. The fraction of sp³-hybridized carbons (Fsp3) is 0.562. The molecule has 3 nitrogen and oxygen atoms in total. The van der Waals surface area contributed by atoms with Crippen LogP contribution in [0.5, 0.6) is 0 Å². The van der Waals surface area contributed by atoms with E-state index < -0.39 is 11.6 Å². The third kappa shape index (κ3) is 4.67. The van der Waals surface area contributed by atoms with Crippen LogP contribution in [0.3, 0.4) is 0 Å². The van der Waals surface area contributed by atoms with E-state index in [2.05, 4.69) is 6.92 Å². The number of hydrogen-bond acceptors (Lipinski definition) is 2. The van der Waals surface area contributed by atoms with E-state index in [4.69, 9.17) is 0 Å². The molecule has 0 fully saturated rings. The van der Waals surface area contributed by atoms with Gasteiger partial charge >= 0.3 is 5.97 Å². The van der Waals surface area contributed by atoms with E-state index in [1.54, 1.807) is 24.3 Å². The molecule has 106 valence electrons. The zero-order valence-corrected chi connectivity index (χ0v) is 11.6. The molecule has 0 bridgehead atoms. The minimum Gasteiger partial charge on any atom is -0.479 e. The molecule has 0 aliphatic carbocycles. The molecule has 0 spiro atoms. The second-order valence-electron chi connectivity index (χ2n) is 5.05. The molecule has 0 heterocycles. The molecule has 0 aromatic heterocycles. The first-order valence-electron chi connectivity index (χ1n) is 7.12. The van der Waals surface area contributed by atoms with Crippen LogP contribution in [-0.2, 0) is 10.4 Å². The molecule has 3 heteroatoms. The Bertz CT molecular complexity index is 375. The van der Waals surface area contributed by atoms with E-state index >= 15 is 0 Å². The van der Waals surface area contributed by atoms with Crippen molar-refractivity contribution in [3.8, 4) is 0 Å². The fourth-order valence-electron chi connectivity index (χ4n) is 2.25. The average molecular weight is 264 g/mol. The predicted octanol–water partition coefficient (Wildman–Crippen LogP) is 3.71. The topological polar surface area (TPSA) is 57.5 Å². The zero-order valence-electron chi connectivity index (χ0n) is 11.6. The lowest BCUT2D eigenvalue weighted by atomic mass is 9.88. The Morgan fingerprint density at radius 3 is 2.21 bits per heavy atom. The largest absolute Gasteiger partial charge is 0.479 e. The van der Waals surface area contributed by atoms with Crippen molar-refractivity contribution in [3.63, 3.8) is 0 Å². The fourth-order valence-corrected chi connectivity index (χ4v) is 2.25. The first kappa shape index (κ1) is 15.7. The van der Waals surface area contributed by atoms with Gasteiger partial charge in [-0.05, 0) is 18.4 Å². The van der Waals surface area contributed by atoms with Crippen molar-refractivity contribution in [2.24, 2.45) is 0 Å². The maximum absolute atomic E-state index is 11.3. The minimum atomic E-state index is -1.74. The van der Waals surface area contributed by atoms with Gasteiger partial charge in [0.1, 0.15) is 0 Å². The average Bonchev–Trinajstić information content (AvgIpc) is 2.43. The van der Waals surface area contributed by atoms with Crippen molar-refractivity contribution in [2.75, 3.05) is 0 Å². The monoisotopic (exact) mass is 264 g/mol. The number of hydrogen-bond donors (Lipinski definition) is 2. The molecule has 1 rings (SSSR count). The third-order valence-electron chi connectivity index (χ3n) is 3.50. The normalized spacial score (nSPS) is 14.0. The smallest absolute Gasteiger partial charge is 0.340 e. The highest BCUT2D eigenvalue weighted by Gasteiger charge is 2.36. The summed E-state index contributed by atoms with van der Waals surface area (Å²) in [5.41, 5.74) is -1.28. The van der Waals surface area contributed by atoms with E-state index in [9.17, 15) is 15.0 Å². The van der Waals surface area contributed by atoms with Crippen LogP contribution in [0.2, 0.25) is 0 Å².